The van der Waals surface area contributed by atoms with Crippen molar-refractivity contribution < 1.29 is 0 Å². The molecule has 1 aliphatic rings. The Balaban J connectivity index is 2.12. The van der Waals surface area contributed by atoms with Crippen LogP contribution in [0.15, 0.2) is 29.2 Å². The fraction of sp³-hybridized carbons (Fsp3) is 0.500. The summed E-state index contributed by atoms with van der Waals surface area (Å²) < 4.78 is -0.159. The summed E-state index contributed by atoms with van der Waals surface area (Å²) in [5.41, 5.74) is 1.28. The van der Waals surface area contributed by atoms with Crippen LogP contribution in [0.3, 0.4) is 0 Å². The van der Waals surface area contributed by atoms with E-state index in [1.54, 1.807) is 11.8 Å². The summed E-state index contributed by atoms with van der Waals surface area (Å²) in [5.74, 6) is 0. The Morgan fingerprint density at radius 3 is 2.31 bits per heavy atom. The van der Waals surface area contributed by atoms with Crippen LogP contribution in [0.2, 0.25) is 0 Å². The molecule has 2 heteroatoms. The lowest BCUT2D eigenvalue weighted by Crippen LogP contribution is -2.25. The van der Waals surface area contributed by atoms with Crippen LogP contribution < -0.4 is 0 Å². The van der Waals surface area contributed by atoms with Crippen LogP contribution in [0.25, 0.3) is 0 Å². The Hall–Kier alpha value is -0.940. The third-order valence-corrected chi connectivity index (χ3v) is 4.60. The quantitative estimate of drug-likeness (QED) is 0.757. The zero-order valence-corrected chi connectivity index (χ0v) is 10.5. The summed E-state index contributed by atoms with van der Waals surface area (Å²) in [6, 6.07) is 11.1. The van der Waals surface area contributed by atoms with Gasteiger partial charge in [0.25, 0.3) is 0 Å². The number of aryl methyl sites for hydroxylation is 1. The van der Waals surface area contributed by atoms with Crippen molar-refractivity contribution >= 4 is 11.8 Å². The molecule has 0 unspecified atom stereocenters. The third-order valence-electron chi connectivity index (χ3n) is 3.20. The van der Waals surface area contributed by atoms with E-state index in [-0.39, 0.29) is 4.75 Å². The zero-order chi connectivity index (χ0) is 11.4. The molecule has 0 amide bonds. The highest BCUT2D eigenvalue weighted by Gasteiger charge is 2.33. The Morgan fingerprint density at radius 2 is 1.75 bits per heavy atom. The minimum atomic E-state index is -0.159. The molecule has 0 saturated heterocycles. The molecule has 16 heavy (non-hydrogen) atoms. The van der Waals surface area contributed by atoms with Gasteiger partial charge in [-0.05, 0) is 31.9 Å². The van der Waals surface area contributed by atoms with Gasteiger partial charge in [-0.2, -0.15) is 5.26 Å². The van der Waals surface area contributed by atoms with E-state index in [1.807, 2.05) is 0 Å². The topological polar surface area (TPSA) is 23.8 Å². The van der Waals surface area contributed by atoms with Crippen molar-refractivity contribution in [1.82, 2.24) is 0 Å². The molecule has 1 fully saturated rings. The van der Waals surface area contributed by atoms with E-state index in [0.717, 1.165) is 12.8 Å². The van der Waals surface area contributed by atoms with Crippen LogP contribution in [-0.4, -0.2) is 4.75 Å². The standard InChI is InChI=1S/C14H17NS/c1-12-5-7-13(8-6-12)16-14(11-15)9-3-2-4-10-14/h5-8H,2-4,9-10H2,1H3. The highest BCUT2D eigenvalue weighted by molar-refractivity contribution is 8.01. The first kappa shape index (κ1) is 11.5. The molecule has 1 aromatic rings. The zero-order valence-electron chi connectivity index (χ0n) is 9.70. The first-order chi connectivity index (χ1) is 7.74. The second-order valence-electron chi connectivity index (χ2n) is 4.58. The molecular weight excluding hydrogens is 214 g/mol. The molecule has 84 valence electrons. The van der Waals surface area contributed by atoms with E-state index in [0.29, 0.717) is 0 Å². The number of hydrogen-bond donors (Lipinski definition) is 0. The average Bonchev–Trinajstić information content (AvgIpc) is 2.33. The van der Waals surface area contributed by atoms with Crippen LogP contribution in [-0.2, 0) is 0 Å². The van der Waals surface area contributed by atoms with Crippen LogP contribution in [0.4, 0.5) is 0 Å². The first-order valence-electron chi connectivity index (χ1n) is 5.91. The molecular formula is C14H17NS. The van der Waals surface area contributed by atoms with Crippen molar-refractivity contribution in [1.29, 1.82) is 5.26 Å². The molecule has 2 rings (SSSR count). The van der Waals surface area contributed by atoms with E-state index in [1.165, 1.54) is 29.7 Å². The maximum absolute atomic E-state index is 9.39. The molecule has 0 aromatic heterocycles. The van der Waals surface area contributed by atoms with Crippen molar-refractivity contribution in [2.75, 3.05) is 0 Å². The Kier molecular flexibility index (Phi) is 3.56. The summed E-state index contributed by atoms with van der Waals surface area (Å²) in [7, 11) is 0. The second kappa shape index (κ2) is 4.93. The van der Waals surface area contributed by atoms with E-state index in [2.05, 4.69) is 37.3 Å². The Morgan fingerprint density at radius 1 is 1.12 bits per heavy atom. The summed E-state index contributed by atoms with van der Waals surface area (Å²) >= 11 is 1.76. The third kappa shape index (κ3) is 2.59. The summed E-state index contributed by atoms with van der Waals surface area (Å²) in [6.45, 7) is 2.09. The van der Waals surface area contributed by atoms with Gasteiger partial charge >= 0.3 is 0 Å². The highest BCUT2D eigenvalue weighted by Crippen LogP contribution is 2.43. The van der Waals surface area contributed by atoms with Crippen molar-refractivity contribution in [3.63, 3.8) is 0 Å². The molecule has 0 bridgehead atoms. The second-order valence-corrected chi connectivity index (χ2v) is 6.04. The monoisotopic (exact) mass is 231 g/mol. The summed E-state index contributed by atoms with van der Waals surface area (Å²) in [4.78, 5) is 1.23. The maximum Gasteiger partial charge on any atom is 0.107 e. The number of benzene rings is 1. The number of rotatable bonds is 2. The molecule has 0 N–H and O–H groups in total. The minimum Gasteiger partial charge on any atom is -0.197 e. The van der Waals surface area contributed by atoms with E-state index in [9.17, 15) is 5.26 Å². The molecule has 1 nitrogen and oxygen atoms in total. The van der Waals surface area contributed by atoms with E-state index >= 15 is 0 Å². The van der Waals surface area contributed by atoms with Gasteiger partial charge in [-0.15, -0.1) is 11.8 Å². The molecule has 0 atom stereocenters. The van der Waals surface area contributed by atoms with Crippen molar-refractivity contribution in [3.05, 3.63) is 29.8 Å². The van der Waals surface area contributed by atoms with Gasteiger partial charge in [0.1, 0.15) is 4.75 Å². The van der Waals surface area contributed by atoms with E-state index in [4.69, 9.17) is 0 Å². The lowest BCUT2D eigenvalue weighted by molar-refractivity contribution is 0.459. The lowest BCUT2D eigenvalue weighted by atomic mass is 9.89. The van der Waals surface area contributed by atoms with Gasteiger partial charge in [0.15, 0.2) is 0 Å². The molecule has 0 heterocycles. The highest BCUT2D eigenvalue weighted by atomic mass is 32.2. The summed E-state index contributed by atoms with van der Waals surface area (Å²) in [5, 5.41) is 9.39. The van der Waals surface area contributed by atoms with Crippen LogP contribution in [0.5, 0.6) is 0 Å². The smallest absolute Gasteiger partial charge is 0.107 e. The normalized spacial score (nSPS) is 19.0. The summed E-state index contributed by atoms with van der Waals surface area (Å²) in [6.07, 6.45) is 5.78. The Bertz CT molecular complexity index is 382. The average molecular weight is 231 g/mol. The molecule has 1 aliphatic carbocycles. The predicted molar refractivity (Wildman–Crippen MR) is 68.5 cm³/mol. The maximum atomic E-state index is 9.39. The fourth-order valence-corrected chi connectivity index (χ4v) is 3.45. The van der Waals surface area contributed by atoms with Gasteiger partial charge in [0, 0.05) is 4.90 Å². The molecule has 0 aliphatic heterocycles. The SMILES string of the molecule is Cc1ccc(SC2(C#N)CCCCC2)cc1. The van der Waals surface area contributed by atoms with Gasteiger partial charge in [0.05, 0.1) is 6.07 Å². The largest absolute Gasteiger partial charge is 0.197 e. The predicted octanol–water partition coefficient (Wildman–Crippen LogP) is 4.31. The van der Waals surface area contributed by atoms with Crippen LogP contribution in [0.1, 0.15) is 37.7 Å². The van der Waals surface area contributed by atoms with Crippen LogP contribution in [0, 0.1) is 18.3 Å². The van der Waals surface area contributed by atoms with Crippen LogP contribution >= 0.6 is 11.8 Å². The minimum absolute atomic E-state index is 0.159. The molecule has 0 radical (unpaired) electrons. The van der Waals surface area contributed by atoms with Gasteiger partial charge < -0.3 is 0 Å². The number of thioether (sulfide) groups is 1. The van der Waals surface area contributed by atoms with Crippen molar-refractivity contribution in [2.45, 2.75) is 48.7 Å². The molecule has 1 saturated carbocycles. The molecule has 1 aromatic carbocycles. The number of nitriles is 1. The van der Waals surface area contributed by atoms with Crippen molar-refractivity contribution in [3.8, 4) is 6.07 Å². The number of nitrogens with zero attached hydrogens (tertiary/aromatic N) is 1. The van der Waals surface area contributed by atoms with Gasteiger partial charge in [-0.3, -0.25) is 0 Å². The Labute approximate surface area is 102 Å². The first-order valence-corrected chi connectivity index (χ1v) is 6.73. The van der Waals surface area contributed by atoms with E-state index < -0.39 is 0 Å². The van der Waals surface area contributed by atoms with Gasteiger partial charge in [-0.25, -0.2) is 0 Å². The lowest BCUT2D eigenvalue weighted by Gasteiger charge is -2.29. The van der Waals surface area contributed by atoms with Gasteiger partial charge in [0.2, 0.25) is 0 Å². The fourth-order valence-electron chi connectivity index (χ4n) is 2.19. The molecule has 0 spiro atoms. The van der Waals surface area contributed by atoms with Gasteiger partial charge in [-0.1, -0.05) is 37.0 Å². The van der Waals surface area contributed by atoms with Crippen molar-refractivity contribution in [2.24, 2.45) is 0 Å². The number of hydrogen-bond acceptors (Lipinski definition) is 2.